The average Bonchev–Trinajstić information content (AvgIpc) is 2.71. The van der Waals surface area contributed by atoms with Crippen LogP contribution in [0.15, 0.2) is 32.0 Å². The lowest BCUT2D eigenvalue weighted by atomic mass is 9.80. The Morgan fingerprint density at radius 2 is 2.12 bits per heavy atom. The van der Waals surface area contributed by atoms with Gasteiger partial charge in [0.2, 0.25) is 0 Å². The van der Waals surface area contributed by atoms with Crippen LogP contribution in [-0.2, 0) is 14.8 Å². The second-order valence-corrected chi connectivity index (χ2v) is 7.57. The standard InChI is InChI=1S/C16H14N2O5S/c19-16(20)9-1-2-10-8-23-14-7-13-15(6-12(14)11(10)5-9)24(21,22)18-4-3-17-13/h3-4,6-7,9H,1-2,5,8H2,(H,19,20). The van der Waals surface area contributed by atoms with Gasteiger partial charge in [-0.3, -0.25) is 9.79 Å². The van der Waals surface area contributed by atoms with Crippen molar-refractivity contribution in [2.24, 2.45) is 15.3 Å². The van der Waals surface area contributed by atoms with E-state index in [1.165, 1.54) is 12.3 Å². The third kappa shape index (κ3) is 2.34. The zero-order valence-corrected chi connectivity index (χ0v) is 13.4. The topological polar surface area (TPSA) is 105 Å². The highest BCUT2D eigenvalue weighted by Crippen LogP contribution is 2.45. The van der Waals surface area contributed by atoms with E-state index < -0.39 is 21.9 Å². The Hall–Kier alpha value is -2.48. The number of nitrogens with zero attached hydrogens (tertiary/aromatic N) is 2. The van der Waals surface area contributed by atoms with Crippen LogP contribution in [0.3, 0.4) is 0 Å². The molecule has 0 saturated heterocycles. The van der Waals surface area contributed by atoms with Gasteiger partial charge in [-0.05, 0) is 36.5 Å². The fourth-order valence-corrected chi connectivity index (χ4v) is 4.29. The number of carboxylic acid groups (broad SMARTS) is 1. The fourth-order valence-electron chi connectivity index (χ4n) is 3.32. The van der Waals surface area contributed by atoms with E-state index in [2.05, 4.69) is 9.39 Å². The van der Waals surface area contributed by atoms with Crippen LogP contribution >= 0.6 is 0 Å². The molecule has 0 bridgehead atoms. The number of aliphatic imine (C=N–C) groups is 1. The van der Waals surface area contributed by atoms with Gasteiger partial charge in [0.15, 0.2) is 0 Å². The number of hydrogen-bond acceptors (Lipinski definition) is 5. The Morgan fingerprint density at radius 3 is 2.92 bits per heavy atom. The molecule has 0 amide bonds. The maximum absolute atomic E-state index is 12.3. The lowest BCUT2D eigenvalue weighted by molar-refractivity contribution is -0.141. The normalized spacial score (nSPS) is 23.6. The molecule has 1 aliphatic carbocycles. The Kier molecular flexibility index (Phi) is 3.31. The number of carbonyl (C=O) groups is 1. The third-order valence-corrected chi connectivity index (χ3v) is 5.85. The van der Waals surface area contributed by atoms with Crippen LogP contribution in [0.25, 0.3) is 5.57 Å². The monoisotopic (exact) mass is 346 g/mol. The van der Waals surface area contributed by atoms with Crippen molar-refractivity contribution in [3.8, 4) is 5.75 Å². The lowest BCUT2D eigenvalue weighted by Gasteiger charge is -2.30. The largest absolute Gasteiger partial charge is 0.489 e. The zero-order chi connectivity index (χ0) is 16.9. The Balaban J connectivity index is 1.88. The van der Waals surface area contributed by atoms with Gasteiger partial charge in [-0.2, -0.15) is 12.8 Å². The van der Waals surface area contributed by atoms with Crippen molar-refractivity contribution in [1.82, 2.24) is 0 Å². The van der Waals surface area contributed by atoms with E-state index in [0.29, 0.717) is 37.2 Å². The highest BCUT2D eigenvalue weighted by molar-refractivity contribution is 7.90. The zero-order valence-electron chi connectivity index (χ0n) is 12.6. The van der Waals surface area contributed by atoms with Gasteiger partial charge in [0.25, 0.3) is 10.0 Å². The predicted molar refractivity (Wildman–Crippen MR) is 87.7 cm³/mol. The number of hydrogen-bond donors (Lipinski definition) is 1. The molecule has 7 nitrogen and oxygen atoms in total. The minimum atomic E-state index is -3.83. The molecule has 4 rings (SSSR count). The fraction of sp³-hybridized carbons (Fsp3) is 0.312. The van der Waals surface area contributed by atoms with E-state index in [1.54, 1.807) is 6.07 Å². The first-order valence-corrected chi connectivity index (χ1v) is 8.97. The molecule has 2 aliphatic heterocycles. The van der Waals surface area contributed by atoms with Crippen molar-refractivity contribution < 1.29 is 23.1 Å². The Bertz CT molecular complexity index is 943. The van der Waals surface area contributed by atoms with Gasteiger partial charge in [0.05, 0.1) is 17.8 Å². The molecule has 1 unspecified atom stereocenters. The number of rotatable bonds is 1. The van der Waals surface area contributed by atoms with Gasteiger partial charge in [-0.1, -0.05) is 0 Å². The SMILES string of the molecule is O=C(O)C1CCC2=C(C1)c1cc3c(cc1OC2)N=CC=NS3(=O)=O. The van der Waals surface area contributed by atoms with E-state index in [-0.39, 0.29) is 10.6 Å². The molecule has 1 aromatic rings. The molecular formula is C16H14N2O5S. The van der Waals surface area contributed by atoms with Gasteiger partial charge >= 0.3 is 5.97 Å². The molecule has 0 saturated carbocycles. The van der Waals surface area contributed by atoms with Crippen LogP contribution in [0, 0.1) is 5.92 Å². The summed E-state index contributed by atoms with van der Waals surface area (Å²) in [5, 5.41) is 9.30. The average molecular weight is 346 g/mol. The third-order valence-electron chi connectivity index (χ3n) is 4.57. The molecule has 1 atom stereocenters. The molecule has 8 heteroatoms. The van der Waals surface area contributed by atoms with Crippen molar-refractivity contribution in [2.75, 3.05) is 6.61 Å². The summed E-state index contributed by atoms with van der Waals surface area (Å²) in [4.78, 5) is 15.4. The van der Waals surface area contributed by atoms with Gasteiger partial charge in [0.1, 0.15) is 17.3 Å². The minimum Gasteiger partial charge on any atom is -0.489 e. The highest BCUT2D eigenvalue weighted by atomic mass is 32.2. The van der Waals surface area contributed by atoms with Crippen LogP contribution in [0.1, 0.15) is 24.8 Å². The summed E-state index contributed by atoms with van der Waals surface area (Å²) >= 11 is 0. The van der Waals surface area contributed by atoms with E-state index in [1.807, 2.05) is 0 Å². The molecule has 24 heavy (non-hydrogen) atoms. The summed E-state index contributed by atoms with van der Waals surface area (Å²) in [5.74, 6) is -0.750. The molecule has 0 fully saturated rings. The second kappa shape index (κ2) is 5.27. The Morgan fingerprint density at radius 1 is 1.29 bits per heavy atom. The number of benzene rings is 1. The molecule has 2 heterocycles. The number of allylic oxidation sites excluding steroid dienone is 1. The van der Waals surface area contributed by atoms with E-state index in [4.69, 9.17) is 4.74 Å². The van der Waals surface area contributed by atoms with Crippen molar-refractivity contribution in [1.29, 1.82) is 0 Å². The van der Waals surface area contributed by atoms with Crippen LogP contribution < -0.4 is 4.74 Å². The Labute approximate surface area is 138 Å². The van der Waals surface area contributed by atoms with Crippen LogP contribution in [0.2, 0.25) is 0 Å². The second-order valence-electron chi connectivity index (χ2n) is 5.97. The number of sulfonamides is 1. The van der Waals surface area contributed by atoms with Gasteiger partial charge in [-0.15, -0.1) is 0 Å². The molecule has 0 aromatic heterocycles. The molecule has 1 aromatic carbocycles. The first kappa shape index (κ1) is 15.1. The minimum absolute atomic E-state index is 0.0149. The van der Waals surface area contributed by atoms with Crippen molar-refractivity contribution in [3.63, 3.8) is 0 Å². The summed E-state index contributed by atoms with van der Waals surface area (Å²) in [5.41, 5.74) is 2.83. The summed E-state index contributed by atoms with van der Waals surface area (Å²) in [6, 6.07) is 3.10. The molecule has 0 radical (unpaired) electrons. The molecular weight excluding hydrogens is 332 g/mol. The smallest absolute Gasteiger partial charge is 0.306 e. The summed E-state index contributed by atoms with van der Waals surface area (Å²) in [6.07, 6.45) is 4.06. The van der Waals surface area contributed by atoms with Gasteiger partial charge < -0.3 is 9.84 Å². The molecule has 1 N–H and O–H groups in total. The molecule has 0 spiro atoms. The molecule has 3 aliphatic rings. The highest BCUT2D eigenvalue weighted by Gasteiger charge is 2.32. The van der Waals surface area contributed by atoms with Gasteiger partial charge in [0, 0.05) is 17.8 Å². The first-order valence-electron chi connectivity index (χ1n) is 7.53. The quantitative estimate of drug-likeness (QED) is 0.839. The number of carboxylic acids is 1. The van der Waals surface area contributed by atoms with Crippen LogP contribution in [0.5, 0.6) is 5.75 Å². The van der Waals surface area contributed by atoms with E-state index >= 15 is 0 Å². The summed E-state index contributed by atoms with van der Waals surface area (Å²) < 4.78 is 33.9. The number of ether oxygens (including phenoxy) is 1. The maximum Gasteiger partial charge on any atom is 0.306 e. The summed E-state index contributed by atoms with van der Waals surface area (Å²) in [7, 11) is -3.83. The molecule has 124 valence electrons. The maximum atomic E-state index is 12.3. The number of aliphatic carboxylic acids is 1. The van der Waals surface area contributed by atoms with Gasteiger partial charge in [-0.25, -0.2) is 0 Å². The lowest BCUT2D eigenvalue weighted by Crippen LogP contribution is -2.23. The van der Waals surface area contributed by atoms with Crippen LogP contribution in [-0.4, -0.2) is 38.5 Å². The van der Waals surface area contributed by atoms with Crippen molar-refractivity contribution in [2.45, 2.75) is 24.2 Å². The van der Waals surface area contributed by atoms with Crippen molar-refractivity contribution >= 4 is 39.7 Å². The van der Waals surface area contributed by atoms with E-state index in [0.717, 1.165) is 17.4 Å². The van der Waals surface area contributed by atoms with Crippen LogP contribution in [0.4, 0.5) is 5.69 Å². The van der Waals surface area contributed by atoms with Crippen molar-refractivity contribution in [3.05, 3.63) is 23.3 Å². The first-order chi connectivity index (χ1) is 11.5. The summed E-state index contributed by atoms with van der Waals surface area (Å²) in [6.45, 7) is 0.403. The predicted octanol–water partition coefficient (Wildman–Crippen LogP) is 2.19. The van der Waals surface area contributed by atoms with E-state index in [9.17, 15) is 18.3 Å². The number of fused-ring (bicyclic) bond motifs is 3.